The van der Waals surface area contributed by atoms with Crippen LogP contribution in [0.25, 0.3) is 0 Å². The lowest BCUT2D eigenvalue weighted by atomic mass is 9.97. The molecule has 5 heteroatoms. The van der Waals surface area contributed by atoms with Gasteiger partial charge in [0.2, 0.25) is 5.88 Å². The Balaban J connectivity index is 2.13. The summed E-state index contributed by atoms with van der Waals surface area (Å²) in [5.41, 5.74) is 0.554. The van der Waals surface area contributed by atoms with Crippen LogP contribution >= 0.6 is 0 Å². The normalized spacial score (nSPS) is 18.9. The second-order valence-electron chi connectivity index (χ2n) is 7.28. The van der Waals surface area contributed by atoms with Crippen LogP contribution in [0.15, 0.2) is 18.3 Å². The first-order valence-electron chi connectivity index (χ1n) is 8.38. The van der Waals surface area contributed by atoms with Gasteiger partial charge in [0.15, 0.2) is 0 Å². The molecule has 0 aliphatic carbocycles. The van der Waals surface area contributed by atoms with Gasteiger partial charge in [-0.1, -0.05) is 6.07 Å². The lowest BCUT2D eigenvalue weighted by Gasteiger charge is -2.36. The molecule has 2 heterocycles. The molecule has 1 aromatic rings. The number of nitrogens with zero attached hydrogens (tertiary/aromatic N) is 2. The molecule has 1 aromatic heterocycles. The summed E-state index contributed by atoms with van der Waals surface area (Å²) >= 11 is 0. The Labute approximate surface area is 139 Å². The van der Waals surface area contributed by atoms with Crippen molar-refractivity contribution in [3.8, 4) is 5.88 Å². The average Bonchev–Trinajstić information content (AvgIpc) is 2.46. The molecule has 128 valence electrons. The zero-order valence-corrected chi connectivity index (χ0v) is 14.8. The SMILES string of the molecule is CC(C)Oc1ccc([C@@H]2CCCCN2C(=O)OC(C)(C)C)cn1. The minimum Gasteiger partial charge on any atom is -0.475 e. The van der Waals surface area contributed by atoms with E-state index < -0.39 is 5.60 Å². The summed E-state index contributed by atoms with van der Waals surface area (Å²) in [6.07, 6.45) is 4.72. The fourth-order valence-corrected chi connectivity index (χ4v) is 2.72. The zero-order valence-electron chi connectivity index (χ0n) is 14.8. The molecule has 0 N–H and O–H groups in total. The fraction of sp³-hybridized carbons (Fsp3) is 0.667. The second kappa shape index (κ2) is 7.20. The highest BCUT2D eigenvalue weighted by Crippen LogP contribution is 2.32. The van der Waals surface area contributed by atoms with Gasteiger partial charge in [0.05, 0.1) is 12.1 Å². The summed E-state index contributed by atoms with van der Waals surface area (Å²) in [6, 6.07) is 3.90. The monoisotopic (exact) mass is 320 g/mol. The lowest BCUT2D eigenvalue weighted by Crippen LogP contribution is -2.41. The summed E-state index contributed by atoms with van der Waals surface area (Å²) < 4.78 is 11.1. The molecule has 0 saturated carbocycles. The largest absolute Gasteiger partial charge is 0.475 e. The van der Waals surface area contributed by atoms with Crippen LogP contribution in [-0.2, 0) is 4.74 Å². The van der Waals surface area contributed by atoms with Crippen molar-refractivity contribution in [2.45, 2.75) is 71.6 Å². The number of carbonyl (C=O) groups is 1. The molecular formula is C18H28N2O3. The molecule has 0 spiro atoms. The Bertz CT molecular complexity index is 520. The predicted molar refractivity (Wildman–Crippen MR) is 89.5 cm³/mol. The van der Waals surface area contributed by atoms with Crippen LogP contribution in [0.3, 0.4) is 0 Å². The Morgan fingerprint density at radius 1 is 1.30 bits per heavy atom. The Morgan fingerprint density at radius 2 is 2.04 bits per heavy atom. The fourth-order valence-electron chi connectivity index (χ4n) is 2.72. The van der Waals surface area contributed by atoms with E-state index in [1.807, 2.05) is 57.8 Å². The standard InChI is InChI=1S/C18H28N2O3/c1-13(2)22-16-10-9-14(12-19-16)15-8-6-7-11-20(15)17(21)23-18(3,4)5/h9-10,12-13,15H,6-8,11H2,1-5H3/t15-/m0/s1. The number of ether oxygens (including phenoxy) is 2. The minimum atomic E-state index is -0.480. The Morgan fingerprint density at radius 3 is 2.61 bits per heavy atom. The molecule has 1 atom stereocenters. The highest BCUT2D eigenvalue weighted by molar-refractivity contribution is 5.69. The van der Waals surface area contributed by atoms with E-state index in [9.17, 15) is 4.79 Å². The maximum Gasteiger partial charge on any atom is 0.410 e. The summed E-state index contributed by atoms with van der Waals surface area (Å²) in [6.45, 7) is 10.3. The highest BCUT2D eigenvalue weighted by Gasteiger charge is 2.31. The smallest absolute Gasteiger partial charge is 0.410 e. The Kier molecular flexibility index (Phi) is 5.50. The van der Waals surface area contributed by atoms with Crippen LogP contribution in [0.5, 0.6) is 5.88 Å². The van der Waals surface area contributed by atoms with Crippen molar-refractivity contribution in [3.05, 3.63) is 23.9 Å². The first kappa shape index (κ1) is 17.6. The minimum absolute atomic E-state index is 0.0270. The molecule has 0 radical (unpaired) electrons. The Hall–Kier alpha value is -1.78. The van der Waals surface area contributed by atoms with Crippen LogP contribution in [0.2, 0.25) is 0 Å². The van der Waals surface area contributed by atoms with Crippen molar-refractivity contribution in [2.75, 3.05) is 6.54 Å². The average molecular weight is 320 g/mol. The van der Waals surface area contributed by atoms with E-state index in [4.69, 9.17) is 9.47 Å². The lowest BCUT2D eigenvalue weighted by molar-refractivity contribution is 0.00948. The van der Waals surface area contributed by atoms with E-state index in [1.54, 1.807) is 0 Å². The van der Waals surface area contributed by atoms with E-state index in [-0.39, 0.29) is 18.2 Å². The molecule has 1 fully saturated rings. The van der Waals surface area contributed by atoms with Crippen LogP contribution in [0.4, 0.5) is 4.79 Å². The zero-order chi connectivity index (χ0) is 17.0. The van der Waals surface area contributed by atoms with Gasteiger partial charge in [-0.05, 0) is 59.4 Å². The van der Waals surface area contributed by atoms with Gasteiger partial charge < -0.3 is 14.4 Å². The van der Waals surface area contributed by atoms with Gasteiger partial charge in [0, 0.05) is 18.8 Å². The first-order valence-corrected chi connectivity index (χ1v) is 8.38. The molecule has 0 unspecified atom stereocenters. The van der Waals surface area contributed by atoms with E-state index in [0.717, 1.165) is 31.4 Å². The van der Waals surface area contributed by atoms with Crippen molar-refractivity contribution in [2.24, 2.45) is 0 Å². The van der Waals surface area contributed by atoms with Crippen molar-refractivity contribution >= 4 is 6.09 Å². The number of amides is 1. The molecule has 1 aliphatic heterocycles. The summed E-state index contributed by atoms with van der Waals surface area (Å²) in [5, 5.41) is 0. The molecule has 5 nitrogen and oxygen atoms in total. The third-order valence-electron chi connectivity index (χ3n) is 3.63. The van der Waals surface area contributed by atoms with Gasteiger partial charge >= 0.3 is 6.09 Å². The third kappa shape index (κ3) is 5.12. The number of carbonyl (C=O) groups excluding carboxylic acids is 1. The molecule has 1 saturated heterocycles. The van der Waals surface area contributed by atoms with Gasteiger partial charge in [-0.2, -0.15) is 0 Å². The van der Waals surface area contributed by atoms with Gasteiger partial charge in [-0.15, -0.1) is 0 Å². The van der Waals surface area contributed by atoms with Gasteiger partial charge in [-0.25, -0.2) is 9.78 Å². The van der Waals surface area contributed by atoms with Gasteiger partial charge in [0.1, 0.15) is 5.60 Å². The molecule has 23 heavy (non-hydrogen) atoms. The molecule has 1 amide bonds. The van der Waals surface area contributed by atoms with E-state index >= 15 is 0 Å². The molecule has 1 aliphatic rings. The number of rotatable bonds is 3. The van der Waals surface area contributed by atoms with Crippen molar-refractivity contribution in [1.29, 1.82) is 0 Å². The topological polar surface area (TPSA) is 51.7 Å². The number of piperidine rings is 1. The first-order chi connectivity index (χ1) is 10.8. The van der Waals surface area contributed by atoms with Crippen molar-refractivity contribution in [3.63, 3.8) is 0 Å². The number of hydrogen-bond acceptors (Lipinski definition) is 4. The quantitative estimate of drug-likeness (QED) is 0.831. The van der Waals surface area contributed by atoms with Crippen LogP contribution < -0.4 is 4.74 Å². The number of hydrogen-bond donors (Lipinski definition) is 0. The van der Waals surface area contributed by atoms with Gasteiger partial charge in [-0.3, -0.25) is 0 Å². The number of aromatic nitrogens is 1. The third-order valence-corrected chi connectivity index (χ3v) is 3.63. The number of likely N-dealkylation sites (tertiary alicyclic amines) is 1. The maximum atomic E-state index is 12.5. The van der Waals surface area contributed by atoms with Crippen molar-refractivity contribution < 1.29 is 14.3 Å². The second-order valence-corrected chi connectivity index (χ2v) is 7.28. The molecule has 0 bridgehead atoms. The van der Waals surface area contributed by atoms with E-state index in [0.29, 0.717) is 5.88 Å². The van der Waals surface area contributed by atoms with Crippen LogP contribution in [0.1, 0.15) is 65.5 Å². The summed E-state index contributed by atoms with van der Waals surface area (Å²) in [5.74, 6) is 0.614. The van der Waals surface area contributed by atoms with Crippen molar-refractivity contribution in [1.82, 2.24) is 9.88 Å². The maximum absolute atomic E-state index is 12.5. The molecule has 2 rings (SSSR count). The summed E-state index contributed by atoms with van der Waals surface area (Å²) in [4.78, 5) is 18.7. The molecule has 0 aromatic carbocycles. The van der Waals surface area contributed by atoms with E-state index in [1.165, 1.54) is 0 Å². The molecular weight excluding hydrogens is 292 g/mol. The highest BCUT2D eigenvalue weighted by atomic mass is 16.6. The van der Waals surface area contributed by atoms with Gasteiger partial charge in [0.25, 0.3) is 0 Å². The van der Waals surface area contributed by atoms with E-state index in [2.05, 4.69) is 4.98 Å². The predicted octanol–water partition coefficient (Wildman–Crippen LogP) is 4.33. The van der Waals surface area contributed by atoms with Crippen LogP contribution in [-0.4, -0.2) is 34.2 Å². The number of pyridine rings is 1. The van der Waals surface area contributed by atoms with Crippen LogP contribution in [0, 0.1) is 0 Å². The summed E-state index contributed by atoms with van der Waals surface area (Å²) in [7, 11) is 0.